The summed E-state index contributed by atoms with van der Waals surface area (Å²) in [5.74, 6) is 0.986. The minimum absolute atomic E-state index is 0.176. The number of hydrogen-bond donors (Lipinski definition) is 1. The van der Waals surface area contributed by atoms with Gasteiger partial charge in [0.25, 0.3) is 0 Å². The number of aliphatic hydroxyl groups excluding tert-OH is 1. The summed E-state index contributed by atoms with van der Waals surface area (Å²) < 4.78 is 2.11. The molecule has 4 nitrogen and oxygen atoms in total. The topological polar surface area (TPSA) is 41.3 Å². The molecule has 1 unspecified atom stereocenters. The Kier molecular flexibility index (Phi) is 4.63. The van der Waals surface area contributed by atoms with Gasteiger partial charge in [-0.15, -0.1) is 0 Å². The van der Waals surface area contributed by atoms with Gasteiger partial charge in [-0.25, -0.2) is 4.98 Å². The molecule has 2 heterocycles. The van der Waals surface area contributed by atoms with Gasteiger partial charge in [0.05, 0.1) is 6.10 Å². The number of imidazole rings is 1. The molecule has 1 aliphatic heterocycles. The number of nitrogens with zero attached hydrogens (tertiary/aromatic N) is 3. The summed E-state index contributed by atoms with van der Waals surface area (Å²) in [7, 11) is 0. The van der Waals surface area contributed by atoms with Gasteiger partial charge in [-0.1, -0.05) is 6.42 Å². The van der Waals surface area contributed by atoms with Crippen molar-refractivity contribution in [3.05, 3.63) is 18.2 Å². The highest BCUT2D eigenvalue weighted by Crippen LogP contribution is 2.25. The second-order valence-corrected chi connectivity index (χ2v) is 6.05. The zero-order valence-corrected chi connectivity index (χ0v) is 12.5. The van der Waals surface area contributed by atoms with E-state index in [4.69, 9.17) is 0 Å². The van der Waals surface area contributed by atoms with E-state index in [0.29, 0.717) is 6.42 Å². The smallest absolute Gasteiger partial charge is 0.111 e. The second-order valence-electron chi connectivity index (χ2n) is 6.05. The largest absolute Gasteiger partial charge is 0.391 e. The average Bonchev–Trinajstić information content (AvgIpc) is 2.87. The minimum Gasteiger partial charge on any atom is -0.391 e. The summed E-state index contributed by atoms with van der Waals surface area (Å²) in [4.78, 5) is 6.80. The number of rotatable bonds is 5. The van der Waals surface area contributed by atoms with Crippen LogP contribution in [0.25, 0.3) is 0 Å². The van der Waals surface area contributed by atoms with Crippen LogP contribution in [0.4, 0.5) is 0 Å². The molecule has 1 N–H and O–H groups in total. The number of aromatic nitrogens is 2. The van der Waals surface area contributed by atoms with Crippen LogP contribution in [0.5, 0.6) is 0 Å². The van der Waals surface area contributed by atoms with Crippen molar-refractivity contribution in [3.63, 3.8) is 0 Å². The van der Waals surface area contributed by atoms with Crippen molar-refractivity contribution in [3.8, 4) is 0 Å². The quantitative estimate of drug-likeness (QED) is 0.886. The lowest BCUT2D eigenvalue weighted by atomic mass is 9.90. The standard InChI is InChI=1S/C15H27N3O/c1-4-17-11-8-16-14(17)12-13(19)15(2,3)18-9-6-5-7-10-18/h8,11,13,19H,4-7,9-10,12H2,1-3H3. The molecular formula is C15H27N3O. The predicted octanol–water partition coefficient (Wildman–Crippen LogP) is 2.07. The molecule has 1 aliphatic rings. The number of piperidine rings is 1. The third-order valence-electron chi connectivity index (χ3n) is 4.50. The molecule has 19 heavy (non-hydrogen) atoms. The summed E-state index contributed by atoms with van der Waals surface area (Å²) >= 11 is 0. The van der Waals surface area contributed by atoms with Gasteiger partial charge in [0.1, 0.15) is 5.82 Å². The van der Waals surface area contributed by atoms with Gasteiger partial charge in [-0.05, 0) is 46.7 Å². The first-order valence-corrected chi connectivity index (χ1v) is 7.49. The second kappa shape index (κ2) is 6.06. The minimum atomic E-state index is -0.377. The van der Waals surface area contributed by atoms with E-state index in [2.05, 4.69) is 35.2 Å². The molecule has 0 spiro atoms. The maximum atomic E-state index is 10.6. The van der Waals surface area contributed by atoms with E-state index in [1.165, 1.54) is 19.3 Å². The fourth-order valence-corrected chi connectivity index (χ4v) is 2.92. The normalized spacial score (nSPS) is 19.6. The summed E-state index contributed by atoms with van der Waals surface area (Å²) in [5, 5.41) is 10.6. The van der Waals surface area contributed by atoms with Crippen molar-refractivity contribution in [2.24, 2.45) is 0 Å². The van der Waals surface area contributed by atoms with Gasteiger partial charge in [-0.2, -0.15) is 0 Å². The van der Waals surface area contributed by atoms with E-state index >= 15 is 0 Å². The first-order valence-electron chi connectivity index (χ1n) is 7.49. The van der Waals surface area contributed by atoms with Gasteiger partial charge in [-0.3, -0.25) is 4.90 Å². The van der Waals surface area contributed by atoms with Gasteiger partial charge in [0.15, 0.2) is 0 Å². The van der Waals surface area contributed by atoms with Gasteiger partial charge in [0, 0.05) is 30.9 Å². The van der Waals surface area contributed by atoms with Crippen LogP contribution in [0, 0.1) is 0 Å². The van der Waals surface area contributed by atoms with Crippen LogP contribution in [0.2, 0.25) is 0 Å². The van der Waals surface area contributed by atoms with Crippen molar-refractivity contribution < 1.29 is 5.11 Å². The number of hydrogen-bond acceptors (Lipinski definition) is 3. The van der Waals surface area contributed by atoms with Crippen molar-refractivity contribution in [1.82, 2.24) is 14.5 Å². The molecule has 1 aromatic rings. The number of likely N-dealkylation sites (tertiary alicyclic amines) is 1. The molecule has 2 rings (SSSR count). The Morgan fingerprint density at radius 3 is 2.63 bits per heavy atom. The van der Waals surface area contributed by atoms with Crippen LogP contribution < -0.4 is 0 Å². The van der Waals surface area contributed by atoms with Crippen LogP contribution in [0.1, 0.15) is 45.9 Å². The molecule has 108 valence electrons. The molecule has 1 fully saturated rings. The monoisotopic (exact) mass is 265 g/mol. The fraction of sp³-hybridized carbons (Fsp3) is 0.800. The Hall–Kier alpha value is -0.870. The van der Waals surface area contributed by atoms with Crippen molar-refractivity contribution >= 4 is 0 Å². The maximum Gasteiger partial charge on any atom is 0.111 e. The fourth-order valence-electron chi connectivity index (χ4n) is 2.92. The van der Waals surface area contributed by atoms with E-state index in [9.17, 15) is 5.11 Å². The molecule has 0 radical (unpaired) electrons. The molecule has 4 heteroatoms. The zero-order chi connectivity index (χ0) is 13.9. The summed E-state index contributed by atoms with van der Waals surface area (Å²) in [6.45, 7) is 9.53. The van der Waals surface area contributed by atoms with Crippen LogP contribution in [0.3, 0.4) is 0 Å². The van der Waals surface area contributed by atoms with Crippen LogP contribution in [-0.2, 0) is 13.0 Å². The van der Waals surface area contributed by atoms with E-state index in [-0.39, 0.29) is 11.6 Å². The van der Waals surface area contributed by atoms with E-state index in [1.807, 2.05) is 12.4 Å². The molecule has 0 aromatic carbocycles. The van der Waals surface area contributed by atoms with E-state index in [1.54, 1.807) is 0 Å². The molecule has 1 atom stereocenters. The number of aliphatic hydroxyl groups is 1. The molecule has 0 amide bonds. The van der Waals surface area contributed by atoms with Gasteiger partial charge < -0.3 is 9.67 Å². The lowest BCUT2D eigenvalue weighted by Gasteiger charge is -2.44. The van der Waals surface area contributed by atoms with Crippen molar-refractivity contribution in [2.75, 3.05) is 13.1 Å². The molecular weight excluding hydrogens is 238 g/mol. The van der Waals surface area contributed by atoms with Crippen LogP contribution in [-0.4, -0.2) is 44.3 Å². The highest BCUT2D eigenvalue weighted by molar-refractivity contribution is 5.00. The summed E-state index contributed by atoms with van der Waals surface area (Å²) in [6, 6.07) is 0. The number of aryl methyl sites for hydroxylation is 1. The zero-order valence-electron chi connectivity index (χ0n) is 12.5. The van der Waals surface area contributed by atoms with Gasteiger partial charge in [0.2, 0.25) is 0 Å². The highest BCUT2D eigenvalue weighted by Gasteiger charge is 2.35. The Balaban J connectivity index is 2.03. The molecule has 0 saturated carbocycles. The molecule has 1 aromatic heterocycles. The first kappa shape index (κ1) is 14.5. The SMILES string of the molecule is CCn1ccnc1CC(O)C(C)(C)N1CCCCC1. The third kappa shape index (κ3) is 3.18. The Labute approximate surface area is 116 Å². The average molecular weight is 265 g/mol. The highest BCUT2D eigenvalue weighted by atomic mass is 16.3. The van der Waals surface area contributed by atoms with E-state index < -0.39 is 0 Å². The van der Waals surface area contributed by atoms with Crippen molar-refractivity contribution in [1.29, 1.82) is 0 Å². The summed E-state index contributed by atoms with van der Waals surface area (Å²) in [5.41, 5.74) is -0.176. The van der Waals surface area contributed by atoms with Crippen LogP contribution >= 0.6 is 0 Å². The van der Waals surface area contributed by atoms with E-state index in [0.717, 1.165) is 25.5 Å². The Morgan fingerprint density at radius 2 is 2.00 bits per heavy atom. The van der Waals surface area contributed by atoms with Crippen molar-refractivity contribution in [2.45, 2.75) is 64.6 Å². The maximum absolute atomic E-state index is 10.6. The summed E-state index contributed by atoms with van der Waals surface area (Å²) in [6.07, 6.45) is 7.88. The Bertz CT molecular complexity index is 394. The van der Waals surface area contributed by atoms with Gasteiger partial charge >= 0.3 is 0 Å². The molecule has 0 bridgehead atoms. The third-order valence-corrected chi connectivity index (χ3v) is 4.50. The molecule has 1 saturated heterocycles. The van der Waals surface area contributed by atoms with Crippen LogP contribution in [0.15, 0.2) is 12.4 Å². The lowest BCUT2D eigenvalue weighted by molar-refractivity contribution is -0.0199. The Morgan fingerprint density at radius 1 is 1.32 bits per heavy atom. The first-order chi connectivity index (χ1) is 9.05. The lowest BCUT2D eigenvalue weighted by Crippen LogP contribution is -2.55. The molecule has 0 aliphatic carbocycles. The predicted molar refractivity (Wildman–Crippen MR) is 77.1 cm³/mol.